The van der Waals surface area contributed by atoms with Crippen LogP contribution in [0.1, 0.15) is 25.7 Å². The summed E-state index contributed by atoms with van der Waals surface area (Å²) in [4.78, 5) is 20.0. The van der Waals surface area contributed by atoms with Crippen LogP contribution in [-0.2, 0) is 9.59 Å². The van der Waals surface area contributed by atoms with E-state index in [-0.39, 0.29) is 6.42 Å². The normalized spacial score (nSPS) is 11.7. The third-order valence-electron chi connectivity index (χ3n) is 1.64. The SMILES string of the molecule is O=C/C=C/C=C/C/C=C/CCCC(=O)O. The van der Waals surface area contributed by atoms with E-state index in [9.17, 15) is 9.59 Å². The summed E-state index contributed by atoms with van der Waals surface area (Å²) in [5.41, 5.74) is 0. The molecule has 0 radical (unpaired) electrons. The maximum atomic E-state index is 10.2. The van der Waals surface area contributed by atoms with Gasteiger partial charge in [0.2, 0.25) is 0 Å². The fourth-order valence-corrected chi connectivity index (χ4v) is 0.930. The van der Waals surface area contributed by atoms with Crippen LogP contribution < -0.4 is 0 Å². The van der Waals surface area contributed by atoms with Gasteiger partial charge in [-0.3, -0.25) is 9.59 Å². The Balaban J connectivity index is 3.38. The number of carboxylic acids is 1. The van der Waals surface area contributed by atoms with E-state index in [4.69, 9.17) is 5.11 Å². The highest BCUT2D eigenvalue weighted by atomic mass is 16.4. The summed E-state index contributed by atoms with van der Waals surface area (Å²) in [5.74, 6) is -0.748. The Kier molecular flexibility index (Phi) is 9.30. The van der Waals surface area contributed by atoms with Crippen molar-refractivity contribution >= 4 is 12.3 Å². The number of carbonyl (C=O) groups excluding carboxylic acids is 1. The quantitative estimate of drug-likeness (QED) is 0.219. The molecule has 0 aromatic rings. The van der Waals surface area contributed by atoms with Gasteiger partial charge in [0.1, 0.15) is 6.29 Å². The fourth-order valence-electron chi connectivity index (χ4n) is 0.930. The van der Waals surface area contributed by atoms with Crippen molar-refractivity contribution in [3.8, 4) is 0 Å². The first-order chi connectivity index (χ1) is 7.27. The van der Waals surface area contributed by atoms with Crippen molar-refractivity contribution in [2.24, 2.45) is 0 Å². The van der Waals surface area contributed by atoms with Crippen molar-refractivity contribution in [1.29, 1.82) is 0 Å². The van der Waals surface area contributed by atoms with Gasteiger partial charge in [-0.1, -0.05) is 30.4 Å². The van der Waals surface area contributed by atoms with E-state index < -0.39 is 5.97 Å². The van der Waals surface area contributed by atoms with E-state index in [1.165, 1.54) is 6.08 Å². The average molecular weight is 208 g/mol. The molecule has 0 aliphatic carbocycles. The Hall–Kier alpha value is -1.64. The summed E-state index contributed by atoms with van der Waals surface area (Å²) in [6.07, 6.45) is 14.0. The first-order valence-corrected chi connectivity index (χ1v) is 4.91. The van der Waals surface area contributed by atoms with Gasteiger partial charge in [0.05, 0.1) is 0 Å². The lowest BCUT2D eigenvalue weighted by Gasteiger charge is -1.89. The average Bonchev–Trinajstić information content (AvgIpc) is 2.20. The van der Waals surface area contributed by atoms with Gasteiger partial charge in [-0.05, 0) is 25.3 Å². The van der Waals surface area contributed by atoms with Gasteiger partial charge in [0, 0.05) is 6.42 Å². The van der Waals surface area contributed by atoms with E-state index in [0.29, 0.717) is 6.42 Å². The third kappa shape index (κ3) is 12.4. The second-order valence-electron chi connectivity index (χ2n) is 2.94. The number of carboxylic acid groups (broad SMARTS) is 1. The number of hydrogen-bond donors (Lipinski definition) is 1. The van der Waals surface area contributed by atoms with Crippen LogP contribution in [0.2, 0.25) is 0 Å². The summed E-state index contributed by atoms with van der Waals surface area (Å²) in [7, 11) is 0. The van der Waals surface area contributed by atoms with E-state index in [2.05, 4.69) is 0 Å². The molecule has 0 unspecified atom stereocenters. The third-order valence-corrected chi connectivity index (χ3v) is 1.64. The molecule has 15 heavy (non-hydrogen) atoms. The van der Waals surface area contributed by atoms with Crippen molar-refractivity contribution in [2.75, 3.05) is 0 Å². The van der Waals surface area contributed by atoms with E-state index in [1.54, 1.807) is 12.2 Å². The topological polar surface area (TPSA) is 54.4 Å². The van der Waals surface area contributed by atoms with Crippen molar-refractivity contribution in [1.82, 2.24) is 0 Å². The van der Waals surface area contributed by atoms with Crippen LogP contribution in [-0.4, -0.2) is 17.4 Å². The monoisotopic (exact) mass is 208 g/mol. The van der Waals surface area contributed by atoms with Gasteiger partial charge < -0.3 is 5.11 Å². The molecule has 0 atom stereocenters. The van der Waals surface area contributed by atoms with Crippen LogP contribution >= 0.6 is 0 Å². The zero-order valence-electron chi connectivity index (χ0n) is 8.63. The maximum absolute atomic E-state index is 10.2. The molecule has 0 aliphatic rings. The summed E-state index contributed by atoms with van der Waals surface area (Å²) in [5, 5.41) is 8.37. The van der Waals surface area contributed by atoms with Gasteiger partial charge in [0.25, 0.3) is 0 Å². The summed E-state index contributed by atoms with van der Waals surface area (Å²) < 4.78 is 0. The molecule has 0 spiro atoms. The van der Waals surface area contributed by atoms with E-state index >= 15 is 0 Å². The maximum Gasteiger partial charge on any atom is 0.303 e. The molecule has 3 heteroatoms. The highest BCUT2D eigenvalue weighted by molar-refractivity contribution is 5.66. The summed E-state index contributed by atoms with van der Waals surface area (Å²) in [6.45, 7) is 0. The van der Waals surface area contributed by atoms with Gasteiger partial charge >= 0.3 is 5.97 Å². The standard InChI is InChI=1S/C12H16O3/c13-11-9-7-5-3-1-2-4-6-8-10-12(14)15/h2-5,7,9,11H,1,6,8,10H2,(H,14,15)/b4-2+,5-3+,9-7+. The summed E-state index contributed by atoms with van der Waals surface area (Å²) >= 11 is 0. The molecule has 1 N–H and O–H groups in total. The first-order valence-electron chi connectivity index (χ1n) is 4.91. The first kappa shape index (κ1) is 13.4. The number of carbonyl (C=O) groups is 2. The lowest BCUT2D eigenvalue weighted by atomic mass is 10.2. The molecule has 0 bridgehead atoms. The summed E-state index contributed by atoms with van der Waals surface area (Å²) in [6, 6.07) is 0. The molecule has 0 saturated carbocycles. The van der Waals surface area contributed by atoms with Gasteiger partial charge in [-0.2, -0.15) is 0 Å². The second kappa shape index (κ2) is 10.4. The fraction of sp³-hybridized carbons (Fsp3) is 0.333. The Morgan fingerprint density at radius 1 is 1.07 bits per heavy atom. The zero-order chi connectivity index (χ0) is 11.4. The Morgan fingerprint density at radius 2 is 1.87 bits per heavy atom. The predicted octanol–water partition coefficient (Wildman–Crippen LogP) is 2.50. The Bertz CT molecular complexity index is 262. The number of aldehydes is 1. The molecular formula is C12H16O3. The zero-order valence-corrected chi connectivity index (χ0v) is 8.63. The second-order valence-corrected chi connectivity index (χ2v) is 2.94. The van der Waals surface area contributed by atoms with Gasteiger partial charge in [-0.15, -0.1) is 0 Å². The largest absolute Gasteiger partial charge is 0.481 e. The molecule has 82 valence electrons. The molecule has 0 fully saturated rings. The van der Waals surface area contributed by atoms with E-state index in [0.717, 1.165) is 19.1 Å². The molecule has 0 aromatic carbocycles. The Morgan fingerprint density at radius 3 is 2.53 bits per heavy atom. The highest BCUT2D eigenvalue weighted by Crippen LogP contribution is 1.97. The van der Waals surface area contributed by atoms with Crippen LogP contribution in [0, 0.1) is 0 Å². The molecule has 0 aromatic heterocycles. The van der Waals surface area contributed by atoms with Crippen molar-refractivity contribution in [2.45, 2.75) is 25.7 Å². The number of rotatable bonds is 8. The number of unbranched alkanes of at least 4 members (excludes halogenated alkanes) is 1. The minimum atomic E-state index is -0.748. The molecule has 0 aliphatic heterocycles. The van der Waals surface area contributed by atoms with Crippen LogP contribution in [0.25, 0.3) is 0 Å². The lowest BCUT2D eigenvalue weighted by molar-refractivity contribution is -0.137. The molecule has 3 nitrogen and oxygen atoms in total. The van der Waals surface area contributed by atoms with Crippen molar-refractivity contribution in [3.05, 3.63) is 36.5 Å². The Labute approximate surface area is 89.8 Å². The predicted molar refractivity (Wildman–Crippen MR) is 59.6 cm³/mol. The number of aliphatic carboxylic acids is 1. The molecule has 0 saturated heterocycles. The van der Waals surface area contributed by atoms with Crippen LogP contribution in [0.15, 0.2) is 36.5 Å². The molecule has 0 heterocycles. The number of hydrogen-bond acceptors (Lipinski definition) is 2. The van der Waals surface area contributed by atoms with Crippen molar-refractivity contribution < 1.29 is 14.7 Å². The molecular weight excluding hydrogens is 192 g/mol. The molecule has 0 amide bonds. The van der Waals surface area contributed by atoms with Crippen LogP contribution in [0.4, 0.5) is 0 Å². The minimum absolute atomic E-state index is 0.224. The minimum Gasteiger partial charge on any atom is -0.481 e. The van der Waals surface area contributed by atoms with Gasteiger partial charge in [-0.25, -0.2) is 0 Å². The molecule has 0 rings (SSSR count). The lowest BCUT2D eigenvalue weighted by Crippen LogP contribution is -1.92. The van der Waals surface area contributed by atoms with E-state index in [1.807, 2.05) is 18.2 Å². The van der Waals surface area contributed by atoms with Crippen LogP contribution in [0.5, 0.6) is 0 Å². The smallest absolute Gasteiger partial charge is 0.303 e. The van der Waals surface area contributed by atoms with Crippen LogP contribution in [0.3, 0.4) is 0 Å². The highest BCUT2D eigenvalue weighted by Gasteiger charge is 1.92. The van der Waals surface area contributed by atoms with Gasteiger partial charge in [0.15, 0.2) is 0 Å². The number of allylic oxidation sites excluding steroid dienone is 6. The van der Waals surface area contributed by atoms with Crippen molar-refractivity contribution in [3.63, 3.8) is 0 Å².